The van der Waals surface area contributed by atoms with Gasteiger partial charge < -0.3 is 10.2 Å². The molecule has 8 heavy (non-hydrogen) atoms. The van der Waals surface area contributed by atoms with Crippen LogP contribution in [0, 0.1) is 6.92 Å². The van der Waals surface area contributed by atoms with Crippen molar-refractivity contribution < 1.29 is 10.2 Å². The lowest BCUT2D eigenvalue weighted by molar-refractivity contribution is -0.0153. The van der Waals surface area contributed by atoms with Crippen LogP contribution in [-0.4, -0.2) is 22.4 Å². The lowest BCUT2D eigenvalue weighted by Crippen LogP contribution is -2.30. The summed E-state index contributed by atoms with van der Waals surface area (Å²) in [5, 5.41) is 17.6. The van der Waals surface area contributed by atoms with Crippen molar-refractivity contribution in [3.63, 3.8) is 0 Å². The predicted molar refractivity (Wildman–Crippen MR) is 32.3 cm³/mol. The van der Waals surface area contributed by atoms with Crippen LogP contribution in [0.3, 0.4) is 0 Å². The molecule has 0 aromatic rings. The standard InChI is InChI=1S/C6H13O2/c1-3-6(8,4-2)5-7/h7-8H,1,3-5H2,2H3. The smallest absolute Gasteiger partial charge is 0.0874 e. The van der Waals surface area contributed by atoms with Crippen LogP contribution in [0.15, 0.2) is 0 Å². The van der Waals surface area contributed by atoms with Crippen LogP contribution in [0.4, 0.5) is 0 Å². The lowest BCUT2D eigenvalue weighted by atomic mass is 9.99. The second-order valence-corrected chi connectivity index (χ2v) is 1.99. The maximum atomic E-state index is 9.12. The molecule has 2 N–H and O–H groups in total. The van der Waals surface area contributed by atoms with Crippen LogP contribution >= 0.6 is 0 Å². The third kappa shape index (κ3) is 1.80. The zero-order valence-electron chi connectivity index (χ0n) is 5.22. The first kappa shape index (κ1) is 7.92. The van der Waals surface area contributed by atoms with Gasteiger partial charge in [-0.1, -0.05) is 13.8 Å². The summed E-state index contributed by atoms with van der Waals surface area (Å²) >= 11 is 0. The van der Waals surface area contributed by atoms with E-state index in [1.54, 1.807) is 0 Å². The molecule has 0 fully saturated rings. The van der Waals surface area contributed by atoms with Crippen LogP contribution in [0.5, 0.6) is 0 Å². The van der Waals surface area contributed by atoms with Gasteiger partial charge in [0.15, 0.2) is 0 Å². The topological polar surface area (TPSA) is 40.5 Å². The Kier molecular flexibility index (Phi) is 3.02. The highest BCUT2D eigenvalue weighted by Crippen LogP contribution is 2.11. The van der Waals surface area contributed by atoms with Gasteiger partial charge in [-0.2, -0.15) is 0 Å². The molecule has 0 aliphatic heterocycles. The van der Waals surface area contributed by atoms with Gasteiger partial charge in [0, 0.05) is 0 Å². The summed E-state index contributed by atoms with van der Waals surface area (Å²) < 4.78 is 0. The first-order valence-corrected chi connectivity index (χ1v) is 2.81. The molecule has 49 valence electrons. The maximum absolute atomic E-state index is 9.12. The number of aliphatic hydroxyl groups is 2. The number of rotatable bonds is 3. The molecular formula is C6H13O2. The van der Waals surface area contributed by atoms with Crippen molar-refractivity contribution in [3.05, 3.63) is 6.92 Å². The van der Waals surface area contributed by atoms with Crippen molar-refractivity contribution in [1.29, 1.82) is 0 Å². The Bertz CT molecular complexity index is 49.3. The Morgan fingerprint density at radius 3 is 2.12 bits per heavy atom. The second-order valence-electron chi connectivity index (χ2n) is 1.99. The summed E-state index contributed by atoms with van der Waals surface area (Å²) in [6.07, 6.45) is 0.938. The van der Waals surface area contributed by atoms with E-state index in [4.69, 9.17) is 10.2 Å². The normalized spacial score (nSPS) is 12.0. The van der Waals surface area contributed by atoms with Crippen LogP contribution in [0.25, 0.3) is 0 Å². The molecule has 0 aliphatic rings. The molecule has 0 aliphatic carbocycles. The van der Waals surface area contributed by atoms with Crippen molar-refractivity contribution in [2.24, 2.45) is 0 Å². The molecule has 0 spiro atoms. The van der Waals surface area contributed by atoms with E-state index in [1.807, 2.05) is 6.92 Å². The van der Waals surface area contributed by atoms with Crippen molar-refractivity contribution in [1.82, 2.24) is 0 Å². The molecule has 0 aromatic carbocycles. The van der Waals surface area contributed by atoms with Gasteiger partial charge in [0.05, 0.1) is 12.2 Å². The Morgan fingerprint density at radius 2 is 2.12 bits per heavy atom. The van der Waals surface area contributed by atoms with E-state index in [0.717, 1.165) is 0 Å². The fourth-order valence-electron chi connectivity index (χ4n) is 0.368. The zero-order chi connectivity index (χ0) is 6.62. The third-order valence-corrected chi connectivity index (χ3v) is 1.42. The molecule has 0 amide bonds. The van der Waals surface area contributed by atoms with Gasteiger partial charge in [-0.3, -0.25) is 0 Å². The minimum atomic E-state index is -0.931. The van der Waals surface area contributed by atoms with Gasteiger partial charge in [0.2, 0.25) is 0 Å². The molecule has 0 saturated heterocycles. The summed E-state index contributed by atoms with van der Waals surface area (Å²) in [6.45, 7) is 5.12. The molecule has 1 radical (unpaired) electrons. The van der Waals surface area contributed by atoms with E-state index < -0.39 is 5.60 Å². The van der Waals surface area contributed by atoms with Gasteiger partial charge in [0.25, 0.3) is 0 Å². The van der Waals surface area contributed by atoms with Crippen LogP contribution < -0.4 is 0 Å². The van der Waals surface area contributed by atoms with Gasteiger partial charge in [-0.25, -0.2) is 0 Å². The van der Waals surface area contributed by atoms with Gasteiger partial charge in [-0.05, 0) is 12.8 Å². The Morgan fingerprint density at radius 1 is 1.62 bits per heavy atom. The maximum Gasteiger partial charge on any atom is 0.0874 e. The van der Waals surface area contributed by atoms with Crippen molar-refractivity contribution in [2.45, 2.75) is 25.4 Å². The Balaban J connectivity index is 3.58. The monoisotopic (exact) mass is 117 g/mol. The highest BCUT2D eigenvalue weighted by atomic mass is 16.3. The summed E-state index contributed by atoms with van der Waals surface area (Å²) in [7, 11) is 0. The van der Waals surface area contributed by atoms with Crippen molar-refractivity contribution >= 4 is 0 Å². The molecule has 2 heteroatoms. The second kappa shape index (κ2) is 3.05. The van der Waals surface area contributed by atoms with Gasteiger partial charge in [-0.15, -0.1) is 0 Å². The summed E-state index contributed by atoms with van der Waals surface area (Å²) in [5.41, 5.74) is -0.931. The van der Waals surface area contributed by atoms with E-state index in [1.165, 1.54) is 0 Å². The van der Waals surface area contributed by atoms with Gasteiger partial charge >= 0.3 is 0 Å². The zero-order valence-corrected chi connectivity index (χ0v) is 5.22. The Labute approximate surface area is 50.2 Å². The first-order valence-electron chi connectivity index (χ1n) is 2.81. The molecule has 2 nitrogen and oxygen atoms in total. The molecule has 1 atom stereocenters. The molecule has 0 aromatic heterocycles. The highest BCUT2D eigenvalue weighted by Gasteiger charge is 2.19. The van der Waals surface area contributed by atoms with Crippen LogP contribution in [0.2, 0.25) is 0 Å². The minimum Gasteiger partial charge on any atom is -0.393 e. The quantitative estimate of drug-likeness (QED) is 0.559. The van der Waals surface area contributed by atoms with Gasteiger partial charge in [0.1, 0.15) is 0 Å². The average Bonchev–Trinajstić information content (AvgIpc) is 1.87. The molecule has 0 saturated carbocycles. The summed E-state index contributed by atoms with van der Waals surface area (Å²) in [5.74, 6) is 0. The molecule has 0 heterocycles. The fourth-order valence-corrected chi connectivity index (χ4v) is 0.368. The van der Waals surface area contributed by atoms with Crippen molar-refractivity contribution in [2.75, 3.05) is 6.61 Å². The molecule has 0 rings (SSSR count). The fraction of sp³-hybridized carbons (Fsp3) is 0.833. The lowest BCUT2D eigenvalue weighted by Gasteiger charge is -2.20. The summed E-state index contributed by atoms with van der Waals surface area (Å²) in [6, 6.07) is 0. The van der Waals surface area contributed by atoms with Crippen LogP contribution in [0.1, 0.15) is 19.8 Å². The average molecular weight is 117 g/mol. The van der Waals surface area contributed by atoms with E-state index in [-0.39, 0.29) is 6.61 Å². The predicted octanol–water partition coefficient (Wildman–Crippen LogP) is 0.344. The van der Waals surface area contributed by atoms with E-state index in [2.05, 4.69) is 6.92 Å². The van der Waals surface area contributed by atoms with Crippen molar-refractivity contribution in [3.8, 4) is 0 Å². The molecule has 1 unspecified atom stereocenters. The molecule has 0 bridgehead atoms. The number of aliphatic hydroxyl groups excluding tert-OH is 1. The SMILES string of the molecule is [CH2]CC(O)(CC)CO. The third-order valence-electron chi connectivity index (χ3n) is 1.42. The first-order chi connectivity index (χ1) is 3.68. The Hall–Kier alpha value is -0.0800. The summed E-state index contributed by atoms with van der Waals surface area (Å²) in [4.78, 5) is 0. The van der Waals surface area contributed by atoms with E-state index in [9.17, 15) is 0 Å². The minimum absolute atomic E-state index is 0.188. The van der Waals surface area contributed by atoms with Crippen LogP contribution in [-0.2, 0) is 0 Å². The number of hydrogen-bond donors (Lipinski definition) is 2. The van der Waals surface area contributed by atoms with E-state index in [0.29, 0.717) is 12.8 Å². The largest absolute Gasteiger partial charge is 0.393 e. The molecular weight excluding hydrogens is 104 g/mol. The highest BCUT2D eigenvalue weighted by molar-refractivity contribution is 4.75. The number of hydrogen-bond acceptors (Lipinski definition) is 2. The van der Waals surface area contributed by atoms with E-state index >= 15 is 0 Å².